The van der Waals surface area contributed by atoms with Crippen LogP contribution >= 0.6 is 34.5 Å². The molecule has 1 fully saturated rings. The van der Waals surface area contributed by atoms with Gasteiger partial charge in [0.2, 0.25) is 11.7 Å². The fourth-order valence-corrected chi connectivity index (χ4v) is 5.58. The summed E-state index contributed by atoms with van der Waals surface area (Å²) in [4.78, 5) is 45.3. The predicted octanol–water partition coefficient (Wildman–Crippen LogP) is 7.32. The standard InChI is InChI=1S/C28H29Cl2N3O4S/c1-28(2,3)37-27(36)33-13-11-17(12-14-33)15-22(34)31-26-32-23(18-7-6-8-19(29)16-18)25(38-26)24(35)20-9-4-5-10-21(20)30/h4-10,16-17H,11-15H2,1-3H3,(H,31,32,34). The highest BCUT2D eigenvalue weighted by Gasteiger charge is 2.28. The highest BCUT2D eigenvalue weighted by atomic mass is 35.5. The number of halogens is 2. The van der Waals surface area contributed by atoms with Crippen LogP contribution in [0.25, 0.3) is 11.3 Å². The number of anilines is 1. The fourth-order valence-electron chi connectivity index (χ4n) is 4.21. The number of rotatable bonds is 6. The van der Waals surface area contributed by atoms with E-state index in [0.717, 1.165) is 11.3 Å². The van der Waals surface area contributed by atoms with Crippen molar-refractivity contribution in [3.63, 3.8) is 0 Å². The summed E-state index contributed by atoms with van der Waals surface area (Å²) in [6.07, 6.45) is 1.37. The lowest BCUT2D eigenvalue weighted by Gasteiger charge is -2.33. The van der Waals surface area contributed by atoms with Crippen molar-refractivity contribution in [2.24, 2.45) is 5.92 Å². The van der Waals surface area contributed by atoms with Crippen molar-refractivity contribution in [2.45, 2.75) is 45.6 Å². The summed E-state index contributed by atoms with van der Waals surface area (Å²) < 4.78 is 5.45. The number of ketones is 1. The molecule has 0 radical (unpaired) electrons. The number of nitrogens with one attached hydrogen (secondary N) is 1. The van der Waals surface area contributed by atoms with Gasteiger partial charge in [0.05, 0.1) is 10.7 Å². The molecule has 0 spiro atoms. The van der Waals surface area contributed by atoms with E-state index in [1.54, 1.807) is 47.4 Å². The van der Waals surface area contributed by atoms with Crippen molar-refractivity contribution < 1.29 is 19.1 Å². The minimum Gasteiger partial charge on any atom is -0.444 e. The molecule has 4 rings (SSSR count). The van der Waals surface area contributed by atoms with Gasteiger partial charge in [0.1, 0.15) is 10.5 Å². The summed E-state index contributed by atoms with van der Waals surface area (Å²) in [5.74, 6) is -0.341. The van der Waals surface area contributed by atoms with E-state index in [1.807, 2.05) is 26.8 Å². The normalized spacial score (nSPS) is 14.3. The van der Waals surface area contributed by atoms with Gasteiger partial charge in [0.15, 0.2) is 5.13 Å². The molecule has 1 aliphatic rings. The van der Waals surface area contributed by atoms with Crippen LogP contribution in [0.4, 0.5) is 9.93 Å². The lowest BCUT2D eigenvalue weighted by Crippen LogP contribution is -2.42. The number of carbonyl (C=O) groups is 3. The highest BCUT2D eigenvalue weighted by Crippen LogP contribution is 2.35. The molecule has 7 nitrogen and oxygen atoms in total. The summed E-state index contributed by atoms with van der Waals surface area (Å²) in [6, 6.07) is 13.9. The molecule has 200 valence electrons. The Morgan fingerprint density at radius 1 is 1.08 bits per heavy atom. The maximum atomic E-state index is 13.4. The van der Waals surface area contributed by atoms with Crippen LogP contribution in [0.2, 0.25) is 10.0 Å². The number of piperidine rings is 1. The molecule has 0 aliphatic carbocycles. The zero-order valence-corrected chi connectivity index (χ0v) is 23.8. The first-order chi connectivity index (χ1) is 18.0. The van der Waals surface area contributed by atoms with Crippen LogP contribution in [0.5, 0.6) is 0 Å². The Labute approximate surface area is 236 Å². The largest absolute Gasteiger partial charge is 0.444 e. The molecule has 0 saturated carbocycles. The SMILES string of the molecule is CC(C)(C)OC(=O)N1CCC(CC(=O)Nc2nc(-c3cccc(Cl)c3)c(C(=O)c3ccccc3Cl)s2)CC1. The molecule has 2 aromatic carbocycles. The fraction of sp³-hybridized carbons (Fsp3) is 0.357. The second-order valence-corrected chi connectivity index (χ2v) is 12.0. The molecule has 1 aliphatic heterocycles. The molecule has 38 heavy (non-hydrogen) atoms. The zero-order valence-electron chi connectivity index (χ0n) is 21.4. The number of hydrogen-bond acceptors (Lipinski definition) is 6. The van der Waals surface area contributed by atoms with Gasteiger partial charge in [-0.05, 0) is 63.8 Å². The summed E-state index contributed by atoms with van der Waals surface area (Å²) >= 11 is 13.6. The second-order valence-electron chi connectivity index (χ2n) is 10.2. The number of likely N-dealkylation sites (tertiary alicyclic amines) is 1. The van der Waals surface area contributed by atoms with E-state index in [1.165, 1.54) is 0 Å². The summed E-state index contributed by atoms with van der Waals surface area (Å²) in [5, 5.41) is 4.04. The van der Waals surface area contributed by atoms with Gasteiger partial charge in [-0.2, -0.15) is 0 Å². The summed E-state index contributed by atoms with van der Waals surface area (Å²) in [7, 11) is 0. The first-order valence-electron chi connectivity index (χ1n) is 12.3. The first kappa shape index (κ1) is 28.1. The van der Waals surface area contributed by atoms with Gasteiger partial charge in [-0.15, -0.1) is 0 Å². The third-order valence-corrected chi connectivity index (χ3v) is 7.57. The molecular weight excluding hydrogens is 545 g/mol. The highest BCUT2D eigenvalue weighted by molar-refractivity contribution is 7.18. The van der Waals surface area contributed by atoms with E-state index >= 15 is 0 Å². The van der Waals surface area contributed by atoms with Crippen molar-refractivity contribution >= 4 is 57.5 Å². The van der Waals surface area contributed by atoms with Crippen LogP contribution in [0.1, 0.15) is 55.3 Å². The molecule has 1 N–H and O–H groups in total. The molecule has 0 unspecified atom stereocenters. The number of nitrogens with zero attached hydrogens (tertiary/aromatic N) is 2. The van der Waals surface area contributed by atoms with E-state index in [-0.39, 0.29) is 23.7 Å². The van der Waals surface area contributed by atoms with Gasteiger partial charge >= 0.3 is 6.09 Å². The van der Waals surface area contributed by atoms with E-state index in [4.69, 9.17) is 27.9 Å². The van der Waals surface area contributed by atoms with Crippen LogP contribution in [0.15, 0.2) is 48.5 Å². The van der Waals surface area contributed by atoms with Gasteiger partial charge < -0.3 is 15.0 Å². The van der Waals surface area contributed by atoms with Crippen LogP contribution in [-0.4, -0.2) is 46.4 Å². The van der Waals surface area contributed by atoms with E-state index in [2.05, 4.69) is 10.3 Å². The number of aromatic nitrogens is 1. The maximum Gasteiger partial charge on any atom is 0.410 e. The van der Waals surface area contributed by atoms with Gasteiger partial charge in [-0.3, -0.25) is 9.59 Å². The van der Waals surface area contributed by atoms with Crippen molar-refractivity contribution in [3.05, 3.63) is 69.0 Å². The van der Waals surface area contributed by atoms with Gasteiger partial charge in [-0.1, -0.05) is 58.8 Å². The Morgan fingerprint density at radius 3 is 2.45 bits per heavy atom. The lowest BCUT2D eigenvalue weighted by atomic mass is 9.93. The predicted molar refractivity (Wildman–Crippen MR) is 151 cm³/mol. The molecule has 0 bridgehead atoms. The van der Waals surface area contributed by atoms with Crippen molar-refractivity contribution in [1.29, 1.82) is 0 Å². The van der Waals surface area contributed by atoms with Gasteiger partial charge in [0.25, 0.3) is 0 Å². The second kappa shape index (κ2) is 11.8. The molecule has 1 saturated heterocycles. The summed E-state index contributed by atoms with van der Waals surface area (Å²) in [6.45, 7) is 6.60. The molecule has 10 heteroatoms. The van der Waals surface area contributed by atoms with Crippen LogP contribution in [0.3, 0.4) is 0 Å². The topological polar surface area (TPSA) is 88.6 Å². The van der Waals surface area contributed by atoms with E-state index in [9.17, 15) is 14.4 Å². The van der Waals surface area contributed by atoms with Crippen LogP contribution < -0.4 is 5.32 Å². The molecule has 3 aromatic rings. The first-order valence-corrected chi connectivity index (χ1v) is 13.9. The number of amides is 2. The Hall–Kier alpha value is -2.94. The quantitative estimate of drug-likeness (QED) is 0.312. The van der Waals surface area contributed by atoms with Crippen LogP contribution in [0, 0.1) is 5.92 Å². The molecule has 0 atom stereocenters. The van der Waals surface area contributed by atoms with Crippen LogP contribution in [-0.2, 0) is 9.53 Å². The minimum atomic E-state index is -0.544. The Balaban J connectivity index is 1.46. The number of ether oxygens (including phenoxy) is 1. The minimum absolute atomic E-state index is 0.130. The van der Waals surface area contributed by atoms with Gasteiger partial charge in [-0.25, -0.2) is 9.78 Å². The number of carbonyl (C=O) groups excluding carboxylic acids is 3. The van der Waals surface area contributed by atoms with Gasteiger partial charge in [0, 0.05) is 35.7 Å². The number of thiazole rings is 1. The third-order valence-electron chi connectivity index (χ3n) is 6.04. The third kappa shape index (κ3) is 7.12. The molecule has 2 heterocycles. The average Bonchev–Trinajstić information content (AvgIpc) is 3.27. The lowest BCUT2D eigenvalue weighted by molar-refractivity contribution is -0.117. The van der Waals surface area contributed by atoms with E-state index < -0.39 is 5.60 Å². The monoisotopic (exact) mass is 573 g/mol. The maximum absolute atomic E-state index is 13.4. The van der Waals surface area contributed by atoms with Crippen molar-refractivity contribution in [2.75, 3.05) is 18.4 Å². The molecular formula is C28H29Cl2N3O4S. The Morgan fingerprint density at radius 2 is 1.79 bits per heavy atom. The van der Waals surface area contributed by atoms with Crippen molar-refractivity contribution in [1.82, 2.24) is 9.88 Å². The molecule has 2 amide bonds. The zero-order chi connectivity index (χ0) is 27.4. The average molecular weight is 575 g/mol. The molecule has 1 aromatic heterocycles. The Kier molecular flexibility index (Phi) is 8.75. The Bertz CT molecular complexity index is 1340. The number of benzene rings is 2. The summed E-state index contributed by atoms with van der Waals surface area (Å²) in [5.41, 5.74) is 0.913. The van der Waals surface area contributed by atoms with Crippen molar-refractivity contribution in [3.8, 4) is 11.3 Å². The smallest absolute Gasteiger partial charge is 0.410 e. The number of hydrogen-bond donors (Lipinski definition) is 1. The van der Waals surface area contributed by atoms with E-state index in [0.29, 0.717) is 69.2 Å².